The molecule has 0 aromatic heterocycles. The van der Waals surface area contributed by atoms with Crippen molar-refractivity contribution in [1.82, 2.24) is 0 Å². The first kappa shape index (κ1) is 8.83. The summed E-state index contributed by atoms with van der Waals surface area (Å²) < 4.78 is 0. The van der Waals surface area contributed by atoms with E-state index in [2.05, 4.69) is 33.8 Å². The Labute approximate surface area is 70.7 Å². The van der Waals surface area contributed by atoms with E-state index in [9.17, 15) is 0 Å². The summed E-state index contributed by atoms with van der Waals surface area (Å²) in [4.78, 5) is 0. The fourth-order valence-corrected chi connectivity index (χ4v) is 2.08. The van der Waals surface area contributed by atoms with Gasteiger partial charge >= 0.3 is 0 Å². The highest BCUT2D eigenvalue weighted by molar-refractivity contribution is 5.15. The van der Waals surface area contributed by atoms with Crippen LogP contribution in [0.1, 0.15) is 47.0 Å². The van der Waals surface area contributed by atoms with E-state index in [-0.39, 0.29) is 0 Å². The Morgan fingerprint density at radius 2 is 2.00 bits per heavy atom. The minimum atomic E-state index is 0.403. The zero-order valence-electron chi connectivity index (χ0n) is 8.28. The molecule has 1 aliphatic rings. The zero-order valence-corrected chi connectivity index (χ0v) is 8.28. The first-order valence-corrected chi connectivity index (χ1v) is 4.72. The van der Waals surface area contributed by atoms with Crippen molar-refractivity contribution in [2.24, 2.45) is 11.3 Å². The van der Waals surface area contributed by atoms with Crippen LogP contribution in [0.3, 0.4) is 0 Å². The maximum absolute atomic E-state index is 2.45. The molecule has 0 N–H and O–H groups in total. The highest BCUT2D eigenvalue weighted by Gasteiger charge is 2.23. The Bertz CT molecular complexity index is 157. The lowest BCUT2D eigenvalue weighted by atomic mass is 9.75. The van der Waals surface area contributed by atoms with Crippen LogP contribution in [0, 0.1) is 11.3 Å². The minimum Gasteiger partial charge on any atom is -0.0845 e. The van der Waals surface area contributed by atoms with Crippen molar-refractivity contribution < 1.29 is 0 Å². The largest absolute Gasteiger partial charge is 0.0845 e. The second-order valence-corrected chi connectivity index (χ2v) is 4.74. The van der Waals surface area contributed by atoms with Crippen molar-refractivity contribution >= 4 is 0 Å². The Morgan fingerprint density at radius 3 is 2.36 bits per heavy atom. The molecule has 0 aliphatic heterocycles. The molecule has 0 amide bonds. The minimum absolute atomic E-state index is 0.403. The fraction of sp³-hybridized carbons (Fsp3) is 0.818. The standard InChI is InChI=1S/C11H20/c1-9-7-5-6-8-10(9)11(2,3)4/h8-9H,5-7H2,1-4H3. The van der Waals surface area contributed by atoms with Gasteiger partial charge in [0, 0.05) is 0 Å². The zero-order chi connectivity index (χ0) is 8.48. The lowest BCUT2D eigenvalue weighted by Gasteiger charge is -2.31. The van der Waals surface area contributed by atoms with Crippen LogP contribution in [0.15, 0.2) is 11.6 Å². The third-order valence-corrected chi connectivity index (χ3v) is 2.60. The molecule has 0 saturated carbocycles. The number of allylic oxidation sites excluding steroid dienone is 2. The first-order chi connectivity index (χ1) is 5.02. The molecule has 11 heavy (non-hydrogen) atoms. The smallest absolute Gasteiger partial charge is 0.0170 e. The number of hydrogen-bond acceptors (Lipinski definition) is 0. The normalized spacial score (nSPS) is 26.5. The van der Waals surface area contributed by atoms with Crippen molar-refractivity contribution in [3.05, 3.63) is 11.6 Å². The third kappa shape index (κ3) is 2.08. The summed E-state index contributed by atoms with van der Waals surface area (Å²) in [5, 5.41) is 0. The molecule has 0 aromatic carbocycles. The van der Waals surface area contributed by atoms with Crippen molar-refractivity contribution in [3.63, 3.8) is 0 Å². The van der Waals surface area contributed by atoms with E-state index in [0.29, 0.717) is 5.41 Å². The van der Waals surface area contributed by atoms with Gasteiger partial charge in [-0.2, -0.15) is 0 Å². The molecule has 0 bridgehead atoms. The molecular formula is C11H20. The average molecular weight is 152 g/mol. The van der Waals surface area contributed by atoms with E-state index in [0.717, 1.165) is 5.92 Å². The summed E-state index contributed by atoms with van der Waals surface area (Å²) in [5.41, 5.74) is 2.07. The van der Waals surface area contributed by atoms with Crippen LogP contribution in [0.4, 0.5) is 0 Å². The summed E-state index contributed by atoms with van der Waals surface area (Å²) >= 11 is 0. The highest BCUT2D eigenvalue weighted by Crippen LogP contribution is 2.36. The molecule has 0 spiro atoms. The monoisotopic (exact) mass is 152 g/mol. The van der Waals surface area contributed by atoms with Gasteiger partial charge in [-0.05, 0) is 30.6 Å². The van der Waals surface area contributed by atoms with Crippen molar-refractivity contribution in [2.45, 2.75) is 47.0 Å². The predicted octanol–water partition coefficient (Wildman–Crippen LogP) is 3.78. The van der Waals surface area contributed by atoms with Crippen LogP contribution < -0.4 is 0 Å². The maximum atomic E-state index is 2.45. The van der Waals surface area contributed by atoms with Gasteiger partial charge in [-0.1, -0.05) is 39.3 Å². The lowest BCUT2D eigenvalue weighted by Crippen LogP contribution is -2.18. The quantitative estimate of drug-likeness (QED) is 0.463. The second kappa shape index (κ2) is 3.00. The topological polar surface area (TPSA) is 0 Å². The molecule has 1 rings (SSSR count). The van der Waals surface area contributed by atoms with E-state index >= 15 is 0 Å². The van der Waals surface area contributed by atoms with Crippen LogP contribution in [-0.4, -0.2) is 0 Å². The molecule has 0 aromatic rings. The Morgan fingerprint density at radius 1 is 1.36 bits per heavy atom. The molecule has 1 unspecified atom stereocenters. The molecule has 0 saturated heterocycles. The molecule has 0 radical (unpaired) electrons. The van der Waals surface area contributed by atoms with E-state index in [4.69, 9.17) is 0 Å². The van der Waals surface area contributed by atoms with Crippen molar-refractivity contribution in [3.8, 4) is 0 Å². The van der Waals surface area contributed by atoms with Gasteiger partial charge in [0.25, 0.3) is 0 Å². The van der Waals surface area contributed by atoms with Gasteiger partial charge < -0.3 is 0 Å². The average Bonchev–Trinajstić information content (AvgIpc) is 1.86. The first-order valence-electron chi connectivity index (χ1n) is 4.72. The second-order valence-electron chi connectivity index (χ2n) is 4.74. The van der Waals surface area contributed by atoms with E-state index < -0.39 is 0 Å². The molecule has 0 nitrogen and oxygen atoms in total. The third-order valence-electron chi connectivity index (χ3n) is 2.60. The Balaban J connectivity index is 2.76. The van der Waals surface area contributed by atoms with E-state index in [1.807, 2.05) is 0 Å². The molecule has 0 heteroatoms. The van der Waals surface area contributed by atoms with Gasteiger partial charge in [0.2, 0.25) is 0 Å². The number of rotatable bonds is 0. The molecule has 1 atom stereocenters. The van der Waals surface area contributed by atoms with Crippen LogP contribution in [0.2, 0.25) is 0 Å². The maximum Gasteiger partial charge on any atom is -0.0170 e. The number of hydrogen-bond donors (Lipinski definition) is 0. The van der Waals surface area contributed by atoms with Gasteiger partial charge in [0.05, 0.1) is 0 Å². The lowest BCUT2D eigenvalue weighted by molar-refractivity contribution is 0.399. The van der Waals surface area contributed by atoms with Gasteiger partial charge in [-0.25, -0.2) is 0 Å². The van der Waals surface area contributed by atoms with Gasteiger partial charge in [-0.3, -0.25) is 0 Å². The molecular weight excluding hydrogens is 132 g/mol. The molecule has 0 fully saturated rings. The van der Waals surface area contributed by atoms with Crippen molar-refractivity contribution in [2.75, 3.05) is 0 Å². The van der Waals surface area contributed by atoms with E-state index in [1.165, 1.54) is 19.3 Å². The molecule has 1 aliphatic carbocycles. The SMILES string of the molecule is CC1CCCC=C1C(C)(C)C. The van der Waals surface area contributed by atoms with E-state index in [1.54, 1.807) is 5.57 Å². The van der Waals surface area contributed by atoms with Gasteiger partial charge in [0.1, 0.15) is 0 Å². The van der Waals surface area contributed by atoms with Crippen LogP contribution in [0.25, 0.3) is 0 Å². The van der Waals surface area contributed by atoms with Gasteiger partial charge in [0.15, 0.2) is 0 Å². The predicted molar refractivity (Wildman–Crippen MR) is 50.6 cm³/mol. The Kier molecular flexibility index (Phi) is 2.41. The molecule has 0 heterocycles. The summed E-state index contributed by atoms with van der Waals surface area (Å²) in [6.45, 7) is 9.32. The van der Waals surface area contributed by atoms with Crippen LogP contribution in [0.5, 0.6) is 0 Å². The van der Waals surface area contributed by atoms with Gasteiger partial charge in [-0.15, -0.1) is 0 Å². The summed E-state index contributed by atoms with van der Waals surface area (Å²) in [5.74, 6) is 0.823. The summed E-state index contributed by atoms with van der Waals surface area (Å²) in [6.07, 6.45) is 6.54. The van der Waals surface area contributed by atoms with Crippen LogP contribution >= 0.6 is 0 Å². The van der Waals surface area contributed by atoms with Crippen molar-refractivity contribution in [1.29, 1.82) is 0 Å². The van der Waals surface area contributed by atoms with Crippen LogP contribution in [-0.2, 0) is 0 Å². The fourth-order valence-electron chi connectivity index (χ4n) is 2.08. The Hall–Kier alpha value is -0.260. The highest BCUT2D eigenvalue weighted by atomic mass is 14.3. The molecule has 64 valence electrons. The summed E-state index contributed by atoms with van der Waals surface area (Å²) in [7, 11) is 0. The summed E-state index contributed by atoms with van der Waals surface area (Å²) in [6, 6.07) is 0.